The molecule has 0 atom stereocenters. The van der Waals surface area contributed by atoms with Gasteiger partial charge >= 0.3 is 6.09 Å². The standard InChI is InChI=1S/C28H32N6O2/c1-28(2,3)36-27(35)33-15-11-21(12-16-33)24-19-22-23(9-14-29-26(22)31-24)30-25-13-18-34(32-25)17-10-20-7-5-4-6-8-20/h4-9,11,13-14,18-19H,10,12,15-17H2,1-3H3,(H2,29,30,31,32). The lowest BCUT2D eigenvalue weighted by molar-refractivity contribution is 0.0270. The Balaban J connectivity index is 1.26. The zero-order valence-corrected chi connectivity index (χ0v) is 21.0. The van der Waals surface area contributed by atoms with Crippen LogP contribution in [0, 0.1) is 0 Å². The Morgan fingerprint density at radius 1 is 1.17 bits per heavy atom. The highest BCUT2D eigenvalue weighted by Crippen LogP contribution is 2.30. The van der Waals surface area contributed by atoms with Gasteiger partial charge in [-0.1, -0.05) is 36.4 Å². The molecule has 0 aliphatic carbocycles. The number of rotatable bonds is 6. The first-order chi connectivity index (χ1) is 17.3. The zero-order chi connectivity index (χ0) is 25.1. The second kappa shape index (κ2) is 9.89. The van der Waals surface area contributed by atoms with Crippen molar-refractivity contribution in [1.29, 1.82) is 0 Å². The van der Waals surface area contributed by atoms with Crippen LogP contribution in [0.25, 0.3) is 16.6 Å². The van der Waals surface area contributed by atoms with Gasteiger partial charge in [0.2, 0.25) is 0 Å². The van der Waals surface area contributed by atoms with Crippen molar-refractivity contribution < 1.29 is 9.53 Å². The number of pyridine rings is 1. The van der Waals surface area contributed by atoms with Crippen LogP contribution in [0.5, 0.6) is 0 Å². The molecule has 0 fully saturated rings. The van der Waals surface area contributed by atoms with E-state index < -0.39 is 5.60 Å². The molecule has 0 unspecified atom stereocenters. The minimum atomic E-state index is -0.495. The average Bonchev–Trinajstić information content (AvgIpc) is 3.50. The van der Waals surface area contributed by atoms with E-state index >= 15 is 0 Å². The summed E-state index contributed by atoms with van der Waals surface area (Å²) in [7, 11) is 0. The van der Waals surface area contributed by atoms with Crippen molar-refractivity contribution in [3.8, 4) is 0 Å². The van der Waals surface area contributed by atoms with E-state index in [1.807, 2.05) is 49.8 Å². The van der Waals surface area contributed by atoms with Gasteiger partial charge in [0.25, 0.3) is 0 Å². The number of ether oxygens (including phenoxy) is 1. The summed E-state index contributed by atoms with van der Waals surface area (Å²) in [5.74, 6) is 0.795. The number of anilines is 2. The first kappa shape index (κ1) is 23.7. The molecule has 3 aromatic heterocycles. The molecule has 186 valence electrons. The van der Waals surface area contributed by atoms with E-state index in [9.17, 15) is 4.79 Å². The summed E-state index contributed by atoms with van der Waals surface area (Å²) in [5, 5.41) is 9.13. The Kier molecular flexibility index (Phi) is 6.50. The second-order valence-corrected chi connectivity index (χ2v) is 10.0. The summed E-state index contributed by atoms with van der Waals surface area (Å²) in [4.78, 5) is 22.1. The third-order valence-electron chi connectivity index (χ3n) is 6.11. The fourth-order valence-corrected chi connectivity index (χ4v) is 4.29. The van der Waals surface area contributed by atoms with Gasteiger partial charge in [-0.25, -0.2) is 9.78 Å². The smallest absolute Gasteiger partial charge is 0.410 e. The van der Waals surface area contributed by atoms with Crippen molar-refractivity contribution in [2.24, 2.45) is 0 Å². The highest BCUT2D eigenvalue weighted by molar-refractivity contribution is 5.93. The number of hydrogen-bond acceptors (Lipinski definition) is 5. The van der Waals surface area contributed by atoms with Gasteiger partial charge in [-0.15, -0.1) is 0 Å². The van der Waals surface area contributed by atoms with Crippen molar-refractivity contribution in [2.45, 2.75) is 45.8 Å². The minimum Gasteiger partial charge on any atom is -0.444 e. The van der Waals surface area contributed by atoms with Gasteiger partial charge in [0.15, 0.2) is 5.82 Å². The summed E-state index contributed by atoms with van der Waals surface area (Å²) in [6, 6.07) is 16.5. The zero-order valence-electron chi connectivity index (χ0n) is 21.0. The minimum absolute atomic E-state index is 0.272. The number of benzene rings is 1. The van der Waals surface area contributed by atoms with E-state index in [4.69, 9.17) is 4.74 Å². The molecule has 4 aromatic rings. The van der Waals surface area contributed by atoms with Crippen LogP contribution in [0.1, 0.15) is 38.4 Å². The quantitative estimate of drug-likeness (QED) is 0.363. The van der Waals surface area contributed by atoms with Crippen LogP contribution in [0.15, 0.2) is 67.0 Å². The molecule has 8 nitrogen and oxygen atoms in total. The van der Waals surface area contributed by atoms with E-state index in [0.717, 1.165) is 47.6 Å². The third-order valence-corrected chi connectivity index (χ3v) is 6.11. The Hall–Kier alpha value is -4.07. The number of hydrogen-bond donors (Lipinski definition) is 2. The topological polar surface area (TPSA) is 88.1 Å². The van der Waals surface area contributed by atoms with Crippen LogP contribution in [-0.2, 0) is 17.7 Å². The number of nitrogens with one attached hydrogen (secondary N) is 2. The van der Waals surface area contributed by atoms with E-state index in [1.54, 1.807) is 11.1 Å². The highest BCUT2D eigenvalue weighted by atomic mass is 16.6. The van der Waals surface area contributed by atoms with E-state index in [2.05, 4.69) is 56.8 Å². The summed E-state index contributed by atoms with van der Waals surface area (Å²) >= 11 is 0. The summed E-state index contributed by atoms with van der Waals surface area (Å²) < 4.78 is 7.46. The molecule has 0 saturated carbocycles. The van der Waals surface area contributed by atoms with Gasteiger partial charge in [-0.05, 0) is 56.9 Å². The van der Waals surface area contributed by atoms with E-state index in [1.165, 1.54) is 11.1 Å². The number of aryl methyl sites for hydroxylation is 2. The number of amides is 1. The number of fused-ring (bicyclic) bond motifs is 1. The SMILES string of the molecule is CC(C)(C)OC(=O)N1CC=C(c2cc3c(Nc4ccn(CCc5ccccc5)n4)ccnc3[nH]2)CC1. The number of carbonyl (C=O) groups excluding carboxylic acids is 1. The molecule has 0 spiro atoms. The van der Waals surface area contributed by atoms with E-state index in [0.29, 0.717) is 13.1 Å². The fourth-order valence-electron chi connectivity index (χ4n) is 4.29. The van der Waals surface area contributed by atoms with Gasteiger partial charge in [0, 0.05) is 49.2 Å². The van der Waals surface area contributed by atoms with E-state index in [-0.39, 0.29) is 6.09 Å². The second-order valence-electron chi connectivity index (χ2n) is 10.0. The molecule has 5 rings (SSSR count). The van der Waals surface area contributed by atoms with Gasteiger partial charge in [-0.2, -0.15) is 5.10 Å². The lowest BCUT2D eigenvalue weighted by atomic mass is 10.0. The molecule has 1 aliphatic rings. The lowest BCUT2D eigenvalue weighted by Crippen LogP contribution is -2.39. The van der Waals surface area contributed by atoms with Crippen molar-refractivity contribution >= 4 is 34.2 Å². The monoisotopic (exact) mass is 484 g/mol. The normalized spacial score (nSPS) is 14.1. The molecule has 2 N–H and O–H groups in total. The van der Waals surface area contributed by atoms with Crippen LogP contribution in [0.4, 0.5) is 16.3 Å². The van der Waals surface area contributed by atoms with Crippen LogP contribution in [-0.4, -0.2) is 49.4 Å². The molecule has 1 aliphatic heterocycles. The Morgan fingerprint density at radius 2 is 2.00 bits per heavy atom. The maximum absolute atomic E-state index is 12.4. The molecule has 0 bridgehead atoms. The first-order valence-corrected chi connectivity index (χ1v) is 12.3. The molecule has 1 amide bonds. The maximum atomic E-state index is 12.4. The first-order valence-electron chi connectivity index (χ1n) is 12.3. The van der Waals surface area contributed by atoms with Crippen LogP contribution >= 0.6 is 0 Å². The predicted octanol–water partition coefficient (Wildman–Crippen LogP) is 5.77. The van der Waals surface area contributed by atoms with Crippen molar-refractivity contribution in [3.63, 3.8) is 0 Å². The Labute approximate surface area is 211 Å². The molecule has 0 radical (unpaired) electrons. The number of aromatic nitrogens is 4. The molecule has 36 heavy (non-hydrogen) atoms. The van der Waals surface area contributed by atoms with Crippen molar-refractivity contribution in [2.75, 3.05) is 18.4 Å². The summed E-state index contributed by atoms with van der Waals surface area (Å²) in [5.41, 5.74) is 4.75. The molecule has 8 heteroatoms. The number of carbonyl (C=O) groups is 1. The molecule has 1 aromatic carbocycles. The van der Waals surface area contributed by atoms with Gasteiger partial charge in [0.1, 0.15) is 11.2 Å². The van der Waals surface area contributed by atoms with Gasteiger partial charge in [0.05, 0.1) is 5.69 Å². The molecule has 0 saturated heterocycles. The number of nitrogens with zero attached hydrogens (tertiary/aromatic N) is 4. The Bertz CT molecular complexity index is 1380. The van der Waals surface area contributed by atoms with Crippen LogP contribution in [0.3, 0.4) is 0 Å². The number of H-pyrrole nitrogens is 1. The predicted molar refractivity (Wildman–Crippen MR) is 142 cm³/mol. The largest absolute Gasteiger partial charge is 0.444 e. The molecular weight excluding hydrogens is 452 g/mol. The Morgan fingerprint density at radius 3 is 2.75 bits per heavy atom. The maximum Gasteiger partial charge on any atom is 0.410 e. The lowest BCUT2D eigenvalue weighted by Gasteiger charge is -2.29. The van der Waals surface area contributed by atoms with Crippen LogP contribution in [0.2, 0.25) is 0 Å². The summed E-state index contributed by atoms with van der Waals surface area (Å²) in [6.45, 7) is 7.62. The third kappa shape index (κ3) is 5.59. The van der Waals surface area contributed by atoms with Crippen LogP contribution < -0.4 is 5.32 Å². The van der Waals surface area contributed by atoms with Gasteiger partial charge < -0.3 is 19.9 Å². The number of aromatic amines is 1. The average molecular weight is 485 g/mol. The highest BCUT2D eigenvalue weighted by Gasteiger charge is 2.24. The van der Waals surface area contributed by atoms with Crippen molar-refractivity contribution in [3.05, 3.63) is 78.3 Å². The van der Waals surface area contributed by atoms with Gasteiger partial charge in [-0.3, -0.25) is 4.68 Å². The van der Waals surface area contributed by atoms with Crippen molar-refractivity contribution in [1.82, 2.24) is 24.6 Å². The summed E-state index contributed by atoms with van der Waals surface area (Å²) in [6.07, 6.45) is 7.28. The molecule has 4 heterocycles. The fraction of sp³-hybridized carbons (Fsp3) is 0.321. The molecular formula is C28H32N6O2.